The van der Waals surface area contributed by atoms with Gasteiger partial charge in [-0.1, -0.05) is 6.07 Å². The standard InChI is InChI=1S/C15H18N4O5S2/c1-26(22,23)19-6-4-18(5-7-19)14(21)12-10-24-15(16-12)17-13(20)9-11-3-2-8-25-11/h2-3,8,10H,4-7,9H2,1H3,(H,16,17,20). The molecule has 0 unspecified atom stereocenters. The second-order valence-electron chi connectivity index (χ2n) is 5.80. The highest BCUT2D eigenvalue weighted by atomic mass is 32.2. The Morgan fingerprint density at radius 1 is 1.31 bits per heavy atom. The minimum absolute atomic E-state index is 0.0373. The van der Waals surface area contributed by atoms with E-state index in [0.29, 0.717) is 0 Å². The largest absolute Gasteiger partial charge is 0.431 e. The number of thiophene rings is 1. The van der Waals surface area contributed by atoms with E-state index in [-0.39, 0.29) is 56.1 Å². The molecule has 140 valence electrons. The van der Waals surface area contributed by atoms with Gasteiger partial charge in [0.2, 0.25) is 15.9 Å². The highest BCUT2D eigenvalue weighted by Crippen LogP contribution is 2.14. The maximum absolute atomic E-state index is 12.4. The molecule has 0 radical (unpaired) electrons. The van der Waals surface area contributed by atoms with Crippen molar-refractivity contribution in [3.63, 3.8) is 0 Å². The van der Waals surface area contributed by atoms with Crippen LogP contribution in [0.15, 0.2) is 28.2 Å². The van der Waals surface area contributed by atoms with E-state index in [2.05, 4.69) is 10.3 Å². The quantitative estimate of drug-likeness (QED) is 0.791. The van der Waals surface area contributed by atoms with E-state index in [1.807, 2.05) is 17.5 Å². The van der Waals surface area contributed by atoms with Crippen molar-refractivity contribution in [2.45, 2.75) is 6.42 Å². The summed E-state index contributed by atoms with van der Waals surface area (Å²) in [6, 6.07) is 3.67. The van der Waals surface area contributed by atoms with Crippen molar-refractivity contribution in [3.05, 3.63) is 34.3 Å². The fourth-order valence-electron chi connectivity index (χ4n) is 2.55. The van der Waals surface area contributed by atoms with Gasteiger partial charge in [0, 0.05) is 31.1 Å². The number of aromatic nitrogens is 1. The van der Waals surface area contributed by atoms with Gasteiger partial charge in [0.15, 0.2) is 5.69 Å². The zero-order valence-corrected chi connectivity index (χ0v) is 15.7. The molecule has 0 aliphatic carbocycles. The van der Waals surface area contributed by atoms with Crippen molar-refractivity contribution in [1.82, 2.24) is 14.2 Å². The van der Waals surface area contributed by atoms with E-state index in [0.717, 1.165) is 11.1 Å². The second kappa shape index (κ2) is 7.56. The van der Waals surface area contributed by atoms with E-state index in [4.69, 9.17) is 4.42 Å². The molecule has 9 nitrogen and oxygen atoms in total. The molecule has 1 N–H and O–H groups in total. The summed E-state index contributed by atoms with van der Waals surface area (Å²) in [5.41, 5.74) is 0.0734. The molecule has 1 fully saturated rings. The number of hydrogen-bond acceptors (Lipinski definition) is 7. The summed E-state index contributed by atoms with van der Waals surface area (Å²) in [4.78, 5) is 30.8. The number of rotatable bonds is 5. The molecule has 1 aliphatic heterocycles. The van der Waals surface area contributed by atoms with E-state index in [1.54, 1.807) is 0 Å². The van der Waals surface area contributed by atoms with Crippen molar-refractivity contribution in [2.24, 2.45) is 0 Å². The predicted octanol–water partition coefficient (Wildman–Crippen LogP) is 0.635. The highest BCUT2D eigenvalue weighted by molar-refractivity contribution is 7.88. The molecule has 2 aromatic rings. The number of piperazine rings is 1. The van der Waals surface area contributed by atoms with Crippen LogP contribution < -0.4 is 5.32 Å². The Balaban J connectivity index is 1.56. The van der Waals surface area contributed by atoms with E-state index >= 15 is 0 Å². The SMILES string of the molecule is CS(=O)(=O)N1CCN(C(=O)c2coc(NC(=O)Cc3cccs3)n2)CC1. The minimum Gasteiger partial charge on any atom is -0.431 e. The monoisotopic (exact) mass is 398 g/mol. The third-order valence-corrected chi connectivity index (χ3v) is 6.06. The topological polar surface area (TPSA) is 113 Å². The molecule has 0 bridgehead atoms. The molecule has 2 amide bonds. The van der Waals surface area contributed by atoms with Crippen molar-refractivity contribution in [2.75, 3.05) is 37.8 Å². The van der Waals surface area contributed by atoms with Crippen molar-refractivity contribution in [3.8, 4) is 0 Å². The first-order valence-electron chi connectivity index (χ1n) is 7.85. The van der Waals surface area contributed by atoms with Gasteiger partial charge in [0.05, 0.1) is 12.7 Å². The van der Waals surface area contributed by atoms with Gasteiger partial charge in [-0.05, 0) is 11.4 Å². The Labute approximate surface area is 154 Å². The van der Waals surface area contributed by atoms with Crippen molar-refractivity contribution in [1.29, 1.82) is 0 Å². The van der Waals surface area contributed by atoms with Gasteiger partial charge in [0.25, 0.3) is 5.91 Å². The Hall–Kier alpha value is -2.24. The average molecular weight is 398 g/mol. The molecule has 0 aromatic carbocycles. The highest BCUT2D eigenvalue weighted by Gasteiger charge is 2.28. The summed E-state index contributed by atoms with van der Waals surface area (Å²) in [6.45, 7) is 1.04. The number of carbonyl (C=O) groups is 2. The summed E-state index contributed by atoms with van der Waals surface area (Å²) in [5, 5.41) is 4.40. The smallest absolute Gasteiger partial charge is 0.302 e. The number of sulfonamides is 1. The van der Waals surface area contributed by atoms with Crippen LogP contribution in [0, 0.1) is 0 Å². The van der Waals surface area contributed by atoms with Crippen LogP contribution in [0.4, 0.5) is 6.01 Å². The average Bonchev–Trinajstić information content (AvgIpc) is 3.25. The zero-order chi connectivity index (χ0) is 18.7. The van der Waals surface area contributed by atoms with Gasteiger partial charge >= 0.3 is 6.01 Å². The van der Waals surface area contributed by atoms with Crippen molar-refractivity contribution < 1.29 is 22.4 Å². The third-order valence-electron chi connectivity index (χ3n) is 3.88. The number of nitrogens with zero attached hydrogens (tertiary/aromatic N) is 3. The molecule has 3 heterocycles. The van der Waals surface area contributed by atoms with Gasteiger partial charge in [-0.3, -0.25) is 14.9 Å². The summed E-state index contributed by atoms with van der Waals surface area (Å²) in [5.74, 6) is -0.643. The number of nitrogens with one attached hydrogen (secondary N) is 1. The van der Waals surface area contributed by atoms with Gasteiger partial charge in [0.1, 0.15) is 6.26 Å². The molecule has 26 heavy (non-hydrogen) atoms. The fourth-order valence-corrected chi connectivity index (χ4v) is 4.08. The van der Waals surface area contributed by atoms with Crippen LogP contribution in [0.1, 0.15) is 15.4 Å². The number of hydrogen-bond donors (Lipinski definition) is 1. The van der Waals surface area contributed by atoms with E-state index in [1.165, 1.54) is 26.8 Å². The van der Waals surface area contributed by atoms with Gasteiger partial charge < -0.3 is 9.32 Å². The fraction of sp³-hybridized carbons (Fsp3) is 0.400. The first-order chi connectivity index (χ1) is 12.3. The molecule has 1 aliphatic rings. The van der Waals surface area contributed by atoms with E-state index in [9.17, 15) is 18.0 Å². The lowest BCUT2D eigenvalue weighted by Crippen LogP contribution is -2.50. The van der Waals surface area contributed by atoms with E-state index < -0.39 is 10.0 Å². The molecule has 1 saturated heterocycles. The molecule has 0 spiro atoms. The number of anilines is 1. The summed E-state index contributed by atoms with van der Waals surface area (Å²) >= 11 is 1.47. The minimum atomic E-state index is -3.26. The third kappa shape index (κ3) is 4.48. The molecule has 0 atom stereocenters. The maximum Gasteiger partial charge on any atom is 0.302 e. The molecule has 0 saturated carbocycles. The molecular formula is C15H18N4O5S2. The molecule has 11 heteroatoms. The van der Waals surface area contributed by atoms with Crippen LogP contribution in [-0.4, -0.2) is 66.9 Å². The van der Waals surface area contributed by atoms with Crippen LogP contribution in [0.2, 0.25) is 0 Å². The summed E-state index contributed by atoms with van der Waals surface area (Å²) in [6.07, 6.45) is 2.54. The van der Waals surface area contributed by atoms with Crippen LogP contribution in [0.3, 0.4) is 0 Å². The Bertz CT molecular complexity index is 883. The van der Waals surface area contributed by atoms with Gasteiger partial charge in [-0.2, -0.15) is 9.29 Å². The van der Waals surface area contributed by atoms with Gasteiger partial charge in [-0.15, -0.1) is 11.3 Å². The second-order valence-corrected chi connectivity index (χ2v) is 8.81. The maximum atomic E-state index is 12.4. The normalized spacial score (nSPS) is 15.8. The number of carbonyl (C=O) groups excluding carboxylic acids is 2. The van der Waals surface area contributed by atoms with Crippen LogP contribution >= 0.6 is 11.3 Å². The van der Waals surface area contributed by atoms with Crippen LogP contribution in [0.25, 0.3) is 0 Å². The zero-order valence-electron chi connectivity index (χ0n) is 14.0. The summed E-state index contributed by atoms with van der Waals surface area (Å²) < 4.78 is 29.5. The summed E-state index contributed by atoms with van der Waals surface area (Å²) in [7, 11) is -3.26. The van der Waals surface area contributed by atoms with Crippen LogP contribution in [0.5, 0.6) is 0 Å². The van der Waals surface area contributed by atoms with Crippen molar-refractivity contribution >= 4 is 39.2 Å². The molecule has 3 rings (SSSR count). The Morgan fingerprint density at radius 2 is 2.04 bits per heavy atom. The lowest BCUT2D eigenvalue weighted by Gasteiger charge is -2.32. The number of amides is 2. The Kier molecular flexibility index (Phi) is 5.39. The predicted molar refractivity (Wildman–Crippen MR) is 95.5 cm³/mol. The Morgan fingerprint density at radius 3 is 2.65 bits per heavy atom. The first kappa shape index (κ1) is 18.5. The lowest BCUT2D eigenvalue weighted by atomic mass is 10.3. The first-order valence-corrected chi connectivity index (χ1v) is 10.6. The lowest BCUT2D eigenvalue weighted by molar-refractivity contribution is -0.115. The van der Waals surface area contributed by atoms with Crippen LogP contribution in [-0.2, 0) is 21.2 Å². The molecule has 2 aromatic heterocycles. The number of oxazole rings is 1. The molecular weight excluding hydrogens is 380 g/mol. The van der Waals surface area contributed by atoms with Gasteiger partial charge in [-0.25, -0.2) is 8.42 Å².